The molecule has 4 aromatic rings. The molecule has 2 N–H and O–H groups in total. The van der Waals surface area contributed by atoms with E-state index in [1.807, 2.05) is 61.5 Å². The predicted molar refractivity (Wildman–Crippen MR) is 136 cm³/mol. The Hall–Kier alpha value is -3.62. The van der Waals surface area contributed by atoms with Gasteiger partial charge in [-0.3, -0.25) is 14.6 Å². The summed E-state index contributed by atoms with van der Waals surface area (Å²) in [4.78, 5) is 38.0. The number of carbonyl (C=O) groups excluding carboxylic acids is 2. The number of fused-ring (bicyclic) bond motifs is 1. The highest BCUT2D eigenvalue weighted by Crippen LogP contribution is 2.31. The second-order valence-corrected chi connectivity index (χ2v) is 9.91. The van der Waals surface area contributed by atoms with Crippen LogP contribution in [0.5, 0.6) is 0 Å². The number of para-hydroxylation sites is 1. The molecule has 1 aliphatic heterocycles. The molecule has 0 spiro atoms. The van der Waals surface area contributed by atoms with Crippen LogP contribution in [0.1, 0.15) is 37.9 Å². The average Bonchev–Trinajstić information content (AvgIpc) is 3.29. The van der Waals surface area contributed by atoms with Crippen LogP contribution in [0.2, 0.25) is 0 Å². The molecule has 1 saturated heterocycles. The van der Waals surface area contributed by atoms with Gasteiger partial charge in [0.25, 0.3) is 11.8 Å². The van der Waals surface area contributed by atoms with Crippen LogP contribution in [-0.2, 0) is 0 Å². The minimum absolute atomic E-state index is 0.167. The molecule has 0 bridgehead atoms. The molecule has 3 heterocycles. The van der Waals surface area contributed by atoms with E-state index in [9.17, 15) is 14.7 Å². The zero-order valence-corrected chi connectivity index (χ0v) is 20.2. The Morgan fingerprint density at radius 3 is 2.71 bits per heavy atom. The second-order valence-electron chi connectivity index (χ2n) is 8.71. The van der Waals surface area contributed by atoms with E-state index in [-0.39, 0.29) is 24.4 Å². The predicted octanol–water partition coefficient (Wildman–Crippen LogP) is 4.06. The Labute approximate surface area is 207 Å². The van der Waals surface area contributed by atoms with E-state index in [1.165, 1.54) is 11.3 Å². The monoisotopic (exact) mass is 486 g/mol. The molecular weight excluding hydrogens is 460 g/mol. The fourth-order valence-electron chi connectivity index (χ4n) is 4.56. The van der Waals surface area contributed by atoms with Gasteiger partial charge >= 0.3 is 0 Å². The number of benzene rings is 2. The molecule has 2 aromatic carbocycles. The van der Waals surface area contributed by atoms with Crippen molar-refractivity contribution in [2.75, 3.05) is 13.1 Å². The van der Waals surface area contributed by atoms with E-state index in [4.69, 9.17) is 0 Å². The van der Waals surface area contributed by atoms with Crippen molar-refractivity contribution in [2.24, 2.45) is 0 Å². The number of thiazole rings is 1. The van der Waals surface area contributed by atoms with E-state index in [1.54, 1.807) is 17.2 Å². The Morgan fingerprint density at radius 1 is 1.09 bits per heavy atom. The molecule has 8 heteroatoms. The van der Waals surface area contributed by atoms with Crippen molar-refractivity contribution < 1.29 is 14.7 Å². The van der Waals surface area contributed by atoms with Crippen LogP contribution in [0.15, 0.2) is 66.9 Å². The lowest BCUT2D eigenvalue weighted by Crippen LogP contribution is -2.53. The number of carbonyl (C=O) groups is 2. The third-order valence-electron chi connectivity index (χ3n) is 6.29. The Morgan fingerprint density at radius 2 is 1.89 bits per heavy atom. The first kappa shape index (κ1) is 23.1. The number of aliphatic hydroxyl groups is 1. The summed E-state index contributed by atoms with van der Waals surface area (Å²) in [5.74, 6) is -0.397. The molecule has 1 fully saturated rings. The van der Waals surface area contributed by atoms with Gasteiger partial charge in [-0.05, 0) is 31.9 Å². The fourth-order valence-corrected chi connectivity index (χ4v) is 5.45. The largest absolute Gasteiger partial charge is 0.391 e. The number of hydrogen-bond donors (Lipinski definition) is 2. The minimum Gasteiger partial charge on any atom is -0.391 e. The number of aromatic nitrogens is 2. The third-order valence-corrected chi connectivity index (χ3v) is 7.25. The van der Waals surface area contributed by atoms with Crippen LogP contribution in [0.3, 0.4) is 0 Å². The van der Waals surface area contributed by atoms with Gasteiger partial charge in [-0.25, -0.2) is 4.98 Å². The number of rotatable bonds is 5. The topological polar surface area (TPSA) is 95.4 Å². The zero-order valence-electron chi connectivity index (χ0n) is 19.3. The molecule has 2 aromatic heterocycles. The highest BCUT2D eigenvalue weighted by molar-refractivity contribution is 7.14. The summed E-state index contributed by atoms with van der Waals surface area (Å²) >= 11 is 1.36. The van der Waals surface area contributed by atoms with Crippen LogP contribution in [0, 0.1) is 6.92 Å². The summed E-state index contributed by atoms with van der Waals surface area (Å²) < 4.78 is 0. The first-order valence-corrected chi connectivity index (χ1v) is 12.5. The van der Waals surface area contributed by atoms with Crippen molar-refractivity contribution in [3.05, 3.63) is 82.3 Å². The lowest BCUT2D eigenvalue weighted by Gasteiger charge is -2.38. The highest BCUT2D eigenvalue weighted by Gasteiger charge is 2.34. The minimum atomic E-state index is -0.595. The van der Waals surface area contributed by atoms with E-state index in [0.717, 1.165) is 16.0 Å². The number of nitrogens with zero attached hydrogens (tertiary/aromatic N) is 3. The van der Waals surface area contributed by atoms with Crippen molar-refractivity contribution in [3.63, 3.8) is 0 Å². The fraction of sp³-hybridized carbons (Fsp3) is 0.259. The number of pyridine rings is 1. The molecule has 35 heavy (non-hydrogen) atoms. The van der Waals surface area contributed by atoms with Crippen LogP contribution in [-0.4, -0.2) is 57.0 Å². The van der Waals surface area contributed by atoms with Gasteiger partial charge in [-0.15, -0.1) is 11.3 Å². The van der Waals surface area contributed by atoms with Gasteiger partial charge in [-0.2, -0.15) is 0 Å². The summed E-state index contributed by atoms with van der Waals surface area (Å²) in [5.41, 5.74) is 2.68. The highest BCUT2D eigenvalue weighted by atomic mass is 32.1. The van der Waals surface area contributed by atoms with Crippen LogP contribution >= 0.6 is 11.3 Å². The zero-order chi connectivity index (χ0) is 24.4. The van der Waals surface area contributed by atoms with Gasteiger partial charge in [0.1, 0.15) is 4.88 Å². The number of hydrogen-bond acceptors (Lipinski definition) is 6. The average molecular weight is 487 g/mol. The number of likely N-dealkylation sites (tertiary alicyclic amines) is 1. The maximum atomic E-state index is 13.7. The molecule has 7 nitrogen and oxygen atoms in total. The lowest BCUT2D eigenvalue weighted by molar-refractivity contribution is 0.0276. The normalized spacial score (nSPS) is 17.9. The number of nitrogens with one attached hydrogen (secondary N) is 1. The molecule has 0 radical (unpaired) electrons. The van der Waals surface area contributed by atoms with Crippen molar-refractivity contribution in [1.29, 1.82) is 0 Å². The van der Waals surface area contributed by atoms with Crippen molar-refractivity contribution in [2.45, 2.75) is 31.9 Å². The summed E-state index contributed by atoms with van der Waals surface area (Å²) in [5, 5.41) is 15.1. The molecular formula is C27H26N4O3S. The quantitative estimate of drug-likeness (QED) is 0.444. The van der Waals surface area contributed by atoms with Crippen LogP contribution in [0.4, 0.5) is 0 Å². The van der Waals surface area contributed by atoms with Gasteiger partial charge in [-0.1, -0.05) is 48.5 Å². The Bertz CT molecular complexity index is 1370. The van der Waals surface area contributed by atoms with E-state index in [2.05, 4.69) is 15.3 Å². The summed E-state index contributed by atoms with van der Waals surface area (Å²) in [6.07, 6.45) is 2.25. The lowest BCUT2D eigenvalue weighted by atomic mass is 9.99. The van der Waals surface area contributed by atoms with Gasteiger partial charge in [0, 0.05) is 36.3 Å². The molecule has 178 valence electrons. The number of piperidine rings is 1. The Kier molecular flexibility index (Phi) is 6.57. The van der Waals surface area contributed by atoms with Crippen LogP contribution < -0.4 is 5.32 Å². The second kappa shape index (κ2) is 9.93. The summed E-state index contributed by atoms with van der Waals surface area (Å²) in [6.45, 7) is 2.40. The first-order chi connectivity index (χ1) is 17.0. The maximum absolute atomic E-state index is 13.7. The van der Waals surface area contributed by atoms with Crippen LogP contribution in [0.25, 0.3) is 22.2 Å². The number of aliphatic hydroxyl groups excluding tert-OH is 1. The standard InChI is InChI=1S/C27H26N4O3S/c1-17-30-24(19-7-3-2-4-8-19)25(35-17)27(34)31-16-21(32)13-12-20(31)15-29-26(33)22-11-5-9-18-10-6-14-28-23(18)22/h2-11,14,20-21,32H,12-13,15-16H2,1H3,(H,29,33). The van der Waals surface area contributed by atoms with E-state index >= 15 is 0 Å². The van der Waals surface area contributed by atoms with E-state index in [0.29, 0.717) is 41.0 Å². The van der Waals surface area contributed by atoms with Gasteiger partial charge in [0.2, 0.25) is 0 Å². The van der Waals surface area contributed by atoms with Crippen molar-refractivity contribution in [3.8, 4) is 11.3 Å². The third kappa shape index (κ3) is 4.80. The van der Waals surface area contributed by atoms with Gasteiger partial charge in [0.05, 0.1) is 27.9 Å². The smallest absolute Gasteiger partial charge is 0.266 e. The molecule has 5 rings (SSSR count). The van der Waals surface area contributed by atoms with Gasteiger partial charge < -0.3 is 15.3 Å². The molecule has 0 aliphatic carbocycles. The number of β-amino-alcohol motifs (C(OH)–C–C–N with tert-alkyl or cyclic N) is 1. The molecule has 1 aliphatic rings. The number of amides is 2. The SMILES string of the molecule is Cc1nc(-c2ccccc2)c(C(=O)N2CC(O)CCC2CNC(=O)c2cccc3cccnc23)s1. The van der Waals surface area contributed by atoms with Crippen molar-refractivity contribution >= 4 is 34.1 Å². The number of aryl methyl sites for hydroxylation is 1. The van der Waals surface area contributed by atoms with E-state index < -0.39 is 6.10 Å². The Balaban J connectivity index is 1.37. The van der Waals surface area contributed by atoms with Gasteiger partial charge in [0.15, 0.2) is 0 Å². The summed E-state index contributed by atoms with van der Waals surface area (Å²) in [7, 11) is 0. The molecule has 0 saturated carbocycles. The maximum Gasteiger partial charge on any atom is 0.266 e. The first-order valence-electron chi connectivity index (χ1n) is 11.6. The summed E-state index contributed by atoms with van der Waals surface area (Å²) in [6, 6.07) is 18.7. The molecule has 2 amide bonds. The molecule has 2 atom stereocenters. The molecule has 2 unspecified atom stereocenters. The van der Waals surface area contributed by atoms with Crippen molar-refractivity contribution in [1.82, 2.24) is 20.2 Å².